The van der Waals surface area contributed by atoms with Gasteiger partial charge in [-0.25, -0.2) is 9.50 Å². The van der Waals surface area contributed by atoms with E-state index in [0.29, 0.717) is 10.7 Å². The molecule has 5 nitrogen and oxygen atoms in total. The molecule has 2 heterocycles. The summed E-state index contributed by atoms with van der Waals surface area (Å²) >= 11 is 5.80. The van der Waals surface area contributed by atoms with Gasteiger partial charge in [-0.05, 0) is 23.8 Å². The number of nitrogens with zero attached hydrogens (tertiary/aromatic N) is 3. The van der Waals surface area contributed by atoms with Crippen LogP contribution < -0.4 is 5.32 Å². The number of benzene rings is 1. The highest BCUT2D eigenvalue weighted by atomic mass is 35.5. The largest absolute Gasteiger partial charge is 0.320 e. The SMILES string of the molecule is O=C(/C=C/c1ccc(Cl)cc1)Nc1cnc2ccnn2c1. The summed E-state index contributed by atoms with van der Waals surface area (Å²) in [5, 5.41) is 7.45. The minimum atomic E-state index is -0.238. The van der Waals surface area contributed by atoms with Crippen LogP contribution in [0.5, 0.6) is 0 Å². The van der Waals surface area contributed by atoms with E-state index in [-0.39, 0.29) is 5.91 Å². The van der Waals surface area contributed by atoms with E-state index in [4.69, 9.17) is 11.6 Å². The summed E-state index contributed by atoms with van der Waals surface area (Å²) in [5.74, 6) is -0.238. The van der Waals surface area contributed by atoms with Gasteiger partial charge >= 0.3 is 0 Å². The van der Waals surface area contributed by atoms with Crippen LogP contribution in [0, 0.1) is 0 Å². The fourth-order valence-electron chi connectivity index (χ4n) is 1.80. The highest BCUT2D eigenvalue weighted by Crippen LogP contribution is 2.11. The van der Waals surface area contributed by atoms with Crippen LogP contribution in [0.2, 0.25) is 5.02 Å². The van der Waals surface area contributed by atoms with Crippen LogP contribution in [-0.2, 0) is 4.79 Å². The first-order valence-corrected chi connectivity index (χ1v) is 6.62. The van der Waals surface area contributed by atoms with Gasteiger partial charge in [0.1, 0.15) is 0 Å². The zero-order valence-corrected chi connectivity index (χ0v) is 11.7. The smallest absolute Gasteiger partial charge is 0.248 e. The second-order valence-electron chi connectivity index (χ2n) is 4.35. The van der Waals surface area contributed by atoms with Gasteiger partial charge in [0, 0.05) is 17.2 Å². The van der Waals surface area contributed by atoms with E-state index in [2.05, 4.69) is 15.4 Å². The monoisotopic (exact) mass is 298 g/mol. The van der Waals surface area contributed by atoms with E-state index in [9.17, 15) is 4.79 Å². The van der Waals surface area contributed by atoms with Gasteiger partial charge in [-0.15, -0.1) is 0 Å². The van der Waals surface area contributed by atoms with Crippen molar-refractivity contribution in [1.29, 1.82) is 0 Å². The third kappa shape index (κ3) is 3.27. The second-order valence-corrected chi connectivity index (χ2v) is 4.79. The van der Waals surface area contributed by atoms with Crippen molar-refractivity contribution in [2.75, 3.05) is 5.32 Å². The summed E-state index contributed by atoms with van der Waals surface area (Å²) in [6.07, 6.45) is 8.11. The van der Waals surface area contributed by atoms with Crippen LogP contribution in [0.4, 0.5) is 5.69 Å². The Morgan fingerprint density at radius 3 is 2.86 bits per heavy atom. The number of hydrogen-bond donors (Lipinski definition) is 1. The number of anilines is 1. The number of rotatable bonds is 3. The molecule has 2 aromatic heterocycles. The molecule has 0 bridgehead atoms. The van der Waals surface area contributed by atoms with E-state index in [0.717, 1.165) is 11.2 Å². The number of fused-ring (bicyclic) bond motifs is 1. The van der Waals surface area contributed by atoms with Gasteiger partial charge in [0.15, 0.2) is 5.65 Å². The Morgan fingerprint density at radius 1 is 1.24 bits per heavy atom. The van der Waals surface area contributed by atoms with E-state index in [1.807, 2.05) is 12.1 Å². The lowest BCUT2D eigenvalue weighted by atomic mass is 10.2. The molecule has 0 atom stereocenters. The molecule has 104 valence electrons. The lowest BCUT2D eigenvalue weighted by Gasteiger charge is -2.02. The molecule has 1 N–H and O–H groups in total. The zero-order valence-electron chi connectivity index (χ0n) is 10.9. The lowest BCUT2D eigenvalue weighted by molar-refractivity contribution is -0.111. The van der Waals surface area contributed by atoms with Crippen molar-refractivity contribution >= 4 is 34.9 Å². The number of carbonyl (C=O) groups is 1. The Labute approximate surface area is 125 Å². The molecule has 3 rings (SSSR count). The molecule has 0 aliphatic heterocycles. The Kier molecular flexibility index (Phi) is 3.66. The summed E-state index contributed by atoms with van der Waals surface area (Å²) in [5.41, 5.74) is 2.21. The molecule has 0 saturated heterocycles. The summed E-state index contributed by atoms with van der Waals surface area (Å²) in [6.45, 7) is 0. The van der Waals surface area contributed by atoms with E-state index in [1.165, 1.54) is 6.08 Å². The van der Waals surface area contributed by atoms with Crippen LogP contribution in [0.3, 0.4) is 0 Å². The molecule has 0 unspecified atom stereocenters. The van der Waals surface area contributed by atoms with Gasteiger partial charge in [-0.1, -0.05) is 23.7 Å². The van der Waals surface area contributed by atoms with Gasteiger partial charge in [0.05, 0.1) is 24.3 Å². The average Bonchev–Trinajstić information content (AvgIpc) is 2.94. The predicted octanol–water partition coefficient (Wildman–Crippen LogP) is 3.03. The Morgan fingerprint density at radius 2 is 2.05 bits per heavy atom. The normalized spacial score (nSPS) is 11.1. The molecule has 3 aromatic rings. The topological polar surface area (TPSA) is 59.3 Å². The number of aromatic nitrogens is 3. The maximum absolute atomic E-state index is 11.8. The number of halogens is 1. The molecule has 0 radical (unpaired) electrons. The number of carbonyl (C=O) groups excluding carboxylic acids is 1. The van der Waals surface area contributed by atoms with E-state index in [1.54, 1.807) is 47.4 Å². The first-order chi connectivity index (χ1) is 10.2. The molecular formula is C15H11ClN4O. The maximum atomic E-state index is 11.8. The standard InChI is InChI=1S/C15H11ClN4O/c16-12-4-1-11(2-5-12)3-6-15(21)19-13-9-17-14-7-8-18-20(14)10-13/h1-10H,(H,19,21)/b6-3+. The highest BCUT2D eigenvalue weighted by molar-refractivity contribution is 6.30. The zero-order chi connectivity index (χ0) is 14.7. The van der Waals surface area contributed by atoms with Crippen molar-refractivity contribution in [3.05, 3.63) is 65.6 Å². The fourth-order valence-corrected chi connectivity index (χ4v) is 1.93. The third-order valence-electron chi connectivity index (χ3n) is 2.81. The van der Waals surface area contributed by atoms with Crippen LogP contribution in [-0.4, -0.2) is 20.5 Å². The summed E-state index contributed by atoms with van der Waals surface area (Å²) in [4.78, 5) is 16.0. The Hall–Kier alpha value is -2.66. The third-order valence-corrected chi connectivity index (χ3v) is 3.06. The molecule has 0 aliphatic rings. The van der Waals surface area contributed by atoms with Gasteiger partial charge in [-0.3, -0.25) is 4.79 Å². The van der Waals surface area contributed by atoms with Crippen molar-refractivity contribution in [1.82, 2.24) is 14.6 Å². The predicted molar refractivity (Wildman–Crippen MR) is 82.1 cm³/mol. The summed E-state index contributed by atoms with van der Waals surface area (Å²) < 4.78 is 1.60. The molecular weight excluding hydrogens is 288 g/mol. The van der Waals surface area contributed by atoms with Crippen molar-refractivity contribution < 1.29 is 4.79 Å². The number of nitrogens with one attached hydrogen (secondary N) is 1. The minimum absolute atomic E-state index is 0.238. The van der Waals surface area contributed by atoms with Crippen molar-refractivity contribution in [3.8, 4) is 0 Å². The van der Waals surface area contributed by atoms with Gasteiger partial charge in [0.2, 0.25) is 5.91 Å². The number of hydrogen-bond acceptors (Lipinski definition) is 3. The van der Waals surface area contributed by atoms with Crippen molar-refractivity contribution in [3.63, 3.8) is 0 Å². The van der Waals surface area contributed by atoms with Gasteiger partial charge in [-0.2, -0.15) is 5.10 Å². The molecule has 0 aliphatic carbocycles. The van der Waals surface area contributed by atoms with Crippen LogP contribution >= 0.6 is 11.6 Å². The molecule has 6 heteroatoms. The van der Waals surface area contributed by atoms with Crippen molar-refractivity contribution in [2.24, 2.45) is 0 Å². The molecule has 0 fully saturated rings. The maximum Gasteiger partial charge on any atom is 0.248 e. The minimum Gasteiger partial charge on any atom is -0.320 e. The quantitative estimate of drug-likeness (QED) is 0.756. The second kappa shape index (κ2) is 5.76. The first-order valence-electron chi connectivity index (χ1n) is 6.25. The Bertz CT molecular complexity index is 808. The van der Waals surface area contributed by atoms with Gasteiger partial charge < -0.3 is 5.32 Å². The van der Waals surface area contributed by atoms with E-state index < -0.39 is 0 Å². The van der Waals surface area contributed by atoms with Crippen LogP contribution in [0.25, 0.3) is 11.7 Å². The molecule has 21 heavy (non-hydrogen) atoms. The molecule has 1 aromatic carbocycles. The molecule has 1 amide bonds. The lowest BCUT2D eigenvalue weighted by Crippen LogP contribution is -2.09. The molecule has 0 saturated carbocycles. The van der Waals surface area contributed by atoms with Crippen LogP contribution in [0.1, 0.15) is 5.56 Å². The molecule has 0 spiro atoms. The average molecular weight is 299 g/mol. The van der Waals surface area contributed by atoms with E-state index >= 15 is 0 Å². The highest BCUT2D eigenvalue weighted by Gasteiger charge is 2.01. The number of amides is 1. The van der Waals surface area contributed by atoms with Crippen molar-refractivity contribution in [2.45, 2.75) is 0 Å². The first kappa shape index (κ1) is 13.3. The van der Waals surface area contributed by atoms with Gasteiger partial charge in [0.25, 0.3) is 0 Å². The fraction of sp³-hybridized carbons (Fsp3) is 0. The Balaban J connectivity index is 1.69. The van der Waals surface area contributed by atoms with Crippen LogP contribution in [0.15, 0.2) is 55.0 Å². The summed E-state index contributed by atoms with van der Waals surface area (Å²) in [7, 11) is 0. The summed E-state index contributed by atoms with van der Waals surface area (Å²) in [6, 6.07) is 9.00.